The maximum absolute atomic E-state index is 10.0. The molecule has 1 atom stereocenters. The highest BCUT2D eigenvalue weighted by Crippen LogP contribution is 2.36. The van der Waals surface area contributed by atoms with Crippen molar-refractivity contribution in [2.75, 3.05) is 24.6 Å². The number of aryl methyl sites for hydroxylation is 1. The summed E-state index contributed by atoms with van der Waals surface area (Å²) < 4.78 is 0. The van der Waals surface area contributed by atoms with Crippen LogP contribution in [0.3, 0.4) is 0 Å². The van der Waals surface area contributed by atoms with Crippen LogP contribution in [0.2, 0.25) is 0 Å². The average Bonchev–Trinajstić information content (AvgIpc) is 3.01. The SMILES string of the molecule is Cc1ccc(C#N)c(N2CCC(CO)(c3ccccc3)C2)n1. The lowest BCUT2D eigenvalue weighted by atomic mass is 9.80. The lowest BCUT2D eigenvalue weighted by Gasteiger charge is -2.28. The predicted molar refractivity (Wildman–Crippen MR) is 85.7 cm³/mol. The molecule has 4 heteroatoms. The minimum Gasteiger partial charge on any atom is -0.395 e. The summed E-state index contributed by atoms with van der Waals surface area (Å²) in [5.74, 6) is 0.730. The third-order valence-corrected chi connectivity index (χ3v) is 4.48. The van der Waals surface area contributed by atoms with Gasteiger partial charge in [-0.15, -0.1) is 0 Å². The van der Waals surface area contributed by atoms with Crippen molar-refractivity contribution in [2.45, 2.75) is 18.8 Å². The van der Waals surface area contributed by atoms with Gasteiger partial charge in [-0.25, -0.2) is 4.98 Å². The molecular weight excluding hydrogens is 274 g/mol. The van der Waals surface area contributed by atoms with Gasteiger partial charge in [0.2, 0.25) is 0 Å². The topological polar surface area (TPSA) is 60.2 Å². The summed E-state index contributed by atoms with van der Waals surface area (Å²) in [7, 11) is 0. The van der Waals surface area contributed by atoms with Gasteiger partial charge in [-0.3, -0.25) is 0 Å². The quantitative estimate of drug-likeness (QED) is 0.944. The molecule has 1 aromatic carbocycles. The number of hydrogen-bond donors (Lipinski definition) is 1. The van der Waals surface area contributed by atoms with Gasteiger partial charge < -0.3 is 10.0 Å². The smallest absolute Gasteiger partial charge is 0.146 e. The zero-order chi connectivity index (χ0) is 15.6. The van der Waals surface area contributed by atoms with E-state index in [0.29, 0.717) is 12.1 Å². The molecule has 1 aliphatic rings. The highest BCUT2D eigenvalue weighted by atomic mass is 16.3. The van der Waals surface area contributed by atoms with Crippen LogP contribution >= 0.6 is 0 Å². The lowest BCUT2D eigenvalue weighted by Crippen LogP contribution is -2.35. The van der Waals surface area contributed by atoms with Crippen molar-refractivity contribution < 1.29 is 5.11 Å². The molecule has 3 rings (SSSR count). The molecule has 0 bridgehead atoms. The van der Waals surface area contributed by atoms with Crippen LogP contribution in [0.4, 0.5) is 5.82 Å². The summed E-state index contributed by atoms with van der Waals surface area (Å²) in [5.41, 5.74) is 2.35. The van der Waals surface area contributed by atoms with Gasteiger partial charge in [0.05, 0.1) is 12.2 Å². The maximum atomic E-state index is 10.0. The molecule has 2 aromatic rings. The molecule has 1 N–H and O–H groups in total. The molecular formula is C18H19N3O. The standard InChI is InChI=1S/C18H19N3O/c1-14-7-8-15(11-19)17(20-14)21-10-9-18(12-21,13-22)16-5-3-2-4-6-16/h2-8,22H,9-10,12-13H2,1H3. The molecule has 1 unspecified atom stereocenters. The van der Waals surface area contributed by atoms with Crippen LogP contribution in [-0.4, -0.2) is 29.8 Å². The fourth-order valence-electron chi connectivity index (χ4n) is 3.17. The van der Waals surface area contributed by atoms with Crippen molar-refractivity contribution in [3.63, 3.8) is 0 Å². The highest BCUT2D eigenvalue weighted by molar-refractivity contribution is 5.56. The fourth-order valence-corrected chi connectivity index (χ4v) is 3.17. The van der Waals surface area contributed by atoms with Crippen LogP contribution in [0, 0.1) is 18.3 Å². The number of hydrogen-bond acceptors (Lipinski definition) is 4. The molecule has 112 valence electrons. The molecule has 1 aromatic heterocycles. The van der Waals surface area contributed by atoms with Crippen LogP contribution in [-0.2, 0) is 5.41 Å². The average molecular weight is 293 g/mol. The molecule has 0 spiro atoms. The summed E-state index contributed by atoms with van der Waals surface area (Å²) in [5, 5.41) is 19.3. The van der Waals surface area contributed by atoms with Crippen molar-refractivity contribution in [1.29, 1.82) is 5.26 Å². The summed E-state index contributed by atoms with van der Waals surface area (Å²) in [4.78, 5) is 6.66. The van der Waals surface area contributed by atoms with Gasteiger partial charge in [-0.1, -0.05) is 30.3 Å². The van der Waals surface area contributed by atoms with Crippen molar-refractivity contribution in [1.82, 2.24) is 4.98 Å². The monoisotopic (exact) mass is 293 g/mol. The maximum Gasteiger partial charge on any atom is 0.146 e. The summed E-state index contributed by atoms with van der Waals surface area (Å²) in [6.45, 7) is 3.50. The van der Waals surface area contributed by atoms with E-state index in [0.717, 1.165) is 30.0 Å². The molecule has 1 fully saturated rings. The van der Waals surface area contributed by atoms with Gasteiger partial charge >= 0.3 is 0 Å². The zero-order valence-corrected chi connectivity index (χ0v) is 12.7. The van der Waals surface area contributed by atoms with Gasteiger partial charge in [0.1, 0.15) is 11.9 Å². The Labute approximate surface area is 130 Å². The Morgan fingerprint density at radius 3 is 2.73 bits per heavy atom. The molecule has 1 aliphatic heterocycles. The Hall–Kier alpha value is -2.38. The van der Waals surface area contributed by atoms with Gasteiger partial charge in [0.25, 0.3) is 0 Å². The highest BCUT2D eigenvalue weighted by Gasteiger charge is 2.40. The Bertz CT molecular complexity index is 708. The number of aromatic nitrogens is 1. The van der Waals surface area contributed by atoms with E-state index in [-0.39, 0.29) is 12.0 Å². The minimum atomic E-state index is -0.278. The van der Waals surface area contributed by atoms with Crippen molar-refractivity contribution in [3.05, 3.63) is 59.3 Å². The second-order valence-corrected chi connectivity index (χ2v) is 5.91. The van der Waals surface area contributed by atoms with Crippen molar-refractivity contribution in [2.24, 2.45) is 0 Å². The molecule has 4 nitrogen and oxygen atoms in total. The van der Waals surface area contributed by atoms with Crippen molar-refractivity contribution >= 4 is 5.82 Å². The number of aliphatic hydroxyl groups excluding tert-OH is 1. The minimum absolute atomic E-state index is 0.0984. The van der Waals surface area contributed by atoms with Crippen LogP contribution in [0.5, 0.6) is 0 Å². The largest absolute Gasteiger partial charge is 0.395 e. The first-order valence-corrected chi connectivity index (χ1v) is 7.48. The van der Waals surface area contributed by atoms with E-state index in [1.165, 1.54) is 0 Å². The number of pyridine rings is 1. The summed E-state index contributed by atoms with van der Waals surface area (Å²) in [6, 6.07) is 16.0. The first kappa shape index (κ1) is 14.6. The number of nitriles is 1. The van der Waals surface area contributed by atoms with Gasteiger partial charge in [-0.2, -0.15) is 5.26 Å². The number of rotatable bonds is 3. The number of benzene rings is 1. The molecule has 0 radical (unpaired) electrons. The number of anilines is 1. The van der Waals surface area contributed by atoms with Gasteiger partial charge in [-0.05, 0) is 31.0 Å². The Morgan fingerprint density at radius 2 is 2.05 bits per heavy atom. The molecule has 1 saturated heterocycles. The summed E-state index contributed by atoms with van der Waals surface area (Å²) in [6.07, 6.45) is 0.855. The number of aliphatic hydroxyl groups is 1. The van der Waals surface area contributed by atoms with E-state index in [9.17, 15) is 10.4 Å². The molecule has 0 aliphatic carbocycles. The van der Waals surface area contributed by atoms with Crippen molar-refractivity contribution in [3.8, 4) is 6.07 Å². The molecule has 0 saturated carbocycles. The van der Waals surface area contributed by atoms with E-state index in [4.69, 9.17) is 0 Å². The van der Waals surface area contributed by atoms with Crippen LogP contribution < -0.4 is 4.90 Å². The molecule has 2 heterocycles. The van der Waals surface area contributed by atoms with Crippen LogP contribution in [0.25, 0.3) is 0 Å². The van der Waals surface area contributed by atoms with E-state index < -0.39 is 0 Å². The van der Waals surface area contributed by atoms with E-state index in [2.05, 4.69) is 28.1 Å². The second kappa shape index (κ2) is 5.78. The van der Waals surface area contributed by atoms with Crippen LogP contribution in [0.15, 0.2) is 42.5 Å². The van der Waals surface area contributed by atoms with Gasteiger partial charge in [0.15, 0.2) is 0 Å². The normalized spacial score (nSPS) is 20.9. The Kier molecular flexibility index (Phi) is 3.82. The number of nitrogens with zero attached hydrogens (tertiary/aromatic N) is 3. The molecule has 0 amide bonds. The van der Waals surface area contributed by atoms with E-state index in [1.807, 2.05) is 37.3 Å². The summed E-state index contributed by atoms with van der Waals surface area (Å²) >= 11 is 0. The third kappa shape index (κ3) is 2.44. The Balaban J connectivity index is 1.95. The predicted octanol–water partition coefficient (Wildman–Crippen LogP) is 2.40. The van der Waals surface area contributed by atoms with E-state index >= 15 is 0 Å². The third-order valence-electron chi connectivity index (χ3n) is 4.48. The van der Waals surface area contributed by atoms with E-state index in [1.54, 1.807) is 0 Å². The first-order chi connectivity index (χ1) is 10.7. The molecule has 22 heavy (non-hydrogen) atoms. The Morgan fingerprint density at radius 1 is 1.27 bits per heavy atom. The zero-order valence-electron chi connectivity index (χ0n) is 12.7. The van der Waals surface area contributed by atoms with Gasteiger partial charge in [0, 0.05) is 24.2 Å². The fraction of sp³-hybridized carbons (Fsp3) is 0.333. The van der Waals surface area contributed by atoms with Crippen LogP contribution in [0.1, 0.15) is 23.2 Å². The second-order valence-electron chi connectivity index (χ2n) is 5.91. The lowest BCUT2D eigenvalue weighted by molar-refractivity contribution is 0.206. The first-order valence-electron chi connectivity index (χ1n) is 7.48.